The van der Waals surface area contributed by atoms with Gasteiger partial charge in [-0.05, 0) is 0 Å². The van der Waals surface area contributed by atoms with Crippen LogP contribution in [0.3, 0.4) is 0 Å². The molecule has 0 fully saturated rings. The zero-order valence-corrected chi connectivity index (χ0v) is 15.9. The Morgan fingerprint density at radius 1 is 1.27 bits per heavy atom. The van der Waals surface area contributed by atoms with Crippen LogP contribution in [0.1, 0.15) is 12.0 Å². The monoisotopic (exact) mass is 413 g/mol. The van der Waals surface area contributed by atoms with Crippen LogP contribution >= 0.6 is 0 Å². The number of aromatic nitrogens is 4. The number of aliphatic carboxylic acids is 1. The molecule has 12 nitrogen and oxygen atoms in total. The van der Waals surface area contributed by atoms with Crippen LogP contribution in [0.5, 0.6) is 0 Å². The third kappa shape index (κ3) is 3.97. The summed E-state index contributed by atoms with van der Waals surface area (Å²) in [6, 6.07) is 6.59. The fourth-order valence-corrected chi connectivity index (χ4v) is 2.84. The van der Waals surface area contributed by atoms with Crippen LogP contribution < -0.4 is 22.3 Å². The first kappa shape index (κ1) is 20.5. The van der Waals surface area contributed by atoms with Gasteiger partial charge in [0.05, 0.1) is 6.42 Å². The van der Waals surface area contributed by atoms with Gasteiger partial charge in [0, 0.05) is 24.7 Å². The summed E-state index contributed by atoms with van der Waals surface area (Å²) in [5, 5.41) is 18.4. The van der Waals surface area contributed by atoms with Gasteiger partial charge in [-0.15, -0.1) is 0 Å². The summed E-state index contributed by atoms with van der Waals surface area (Å²) in [5.74, 6) is -1.49. The van der Waals surface area contributed by atoms with E-state index < -0.39 is 29.7 Å². The van der Waals surface area contributed by atoms with Crippen molar-refractivity contribution < 1.29 is 14.7 Å². The highest BCUT2D eigenvalue weighted by Gasteiger charge is 2.18. The van der Waals surface area contributed by atoms with E-state index in [4.69, 9.17) is 16.2 Å². The van der Waals surface area contributed by atoms with E-state index in [9.17, 15) is 19.2 Å². The largest absolute Gasteiger partial charge is 0.481 e. The number of nitrogen functional groups attached to an aromatic ring is 1. The van der Waals surface area contributed by atoms with E-state index in [2.05, 4.69) is 15.3 Å². The van der Waals surface area contributed by atoms with Gasteiger partial charge in [-0.1, -0.05) is 24.3 Å². The molecule has 30 heavy (non-hydrogen) atoms. The van der Waals surface area contributed by atoms with E-state index in [0.29, 0.717) is 17.0 Å². The van der Waals surface area contributed by atoms with Crippen LogP contribution in [0, 0.1) is 5.41 Å². The molecule has 6 N–H and O–H groups in total. The fourth-order valence-electron chi connectivity index (χ4n) is 2.84. The predicted molar refractivity (Wildman–Crippen MR) is 107 cm³/mol. The van der Waals surface area contributed by atoms with E-state index >= 15 is 0 Å². The molecule has 2 aromatic heterocycles. The molecule has 0 aliphatic heterocycles. The summed E-state index contributed by atoms with van der Waals surface area (Å²) in [6.45, 7) is -0.668. The summed E-state index contributed by atoms with van der Waals surface area (Å²) in [4.78, 5) is 55.0. The maximum absolute atomic E-state index is 12.8. The molecule has 1 amide bonds. The first-order valence-electron chi connectivity index (χ1n) is 8.82. The van der Waals surface area contributed by atoms with Crippen LogP contribution in [0.15, 0.2) is 33.9 Å². The SMILES string of the molecule is Cn1c(=O)n(CC(=O)NCCC(=O)O)c(=O)c2[nH]c(-c3ccc(C(=N)N)cc3)nc21. The van der Waals surface area contributed by atoms with Crippen molar-refractivity contribution in [1.29, 1.82) is 5.41 Å². The van der Waals surface area contributed by atoms with Gasteiger partial charge in [0.2, 0.25) is 5.91 Å². The summed E-state index contributed by atoms with van der Waals surface area (Å²) < 4.78 is 1.89. The number of imidazole rings is 1. The molecule has 0 saturated carbocycles. The van der Waals surface area contributed by atoms with Crippen molar-refractivity contribution in [2.75, 3.05) is 6.54 Å². The van der Waals surface area contributed by atoms with E-state index in [0.717, 1.165) is 9.13 Å². The lowest BCUT2D eigenvalue weighted by molar-refractivity contribution is -0.136. The molecule has 0 unspecified atom stereocenters. The van der Waals surface area contributed by atoms with Crippen LogP contribution in [-0.2, 0) is 23.2 Å². The number of H-pyrrole nitrogens is 1. The smallest absolute Gasteiger partial charge is 0.332 e. The van der Waals surface area contributed by atoms with Gasteiger partial charge in [0.15, 0.2) is 5.65 Å². The lowest BCUT2D eigenvalue weighted by atomic mass is 10.1. The van der Waals surface area contributed by atoms with Crippen molar-refractivity contribution in [3.8, 4) is 11.4 Å². The number of carbonyl (C=O) groups is 2. The quantitative estimate of drug-likeness (QED) is 0.241. The van der Waals surface area contributed by atoms with Crippen molar-refractivity contribution in [2.24, 2.45) is 12.8 Å². The van der Waals surface area contributed by atoms with Gasteiger partial charge in [-0.25, -0.2) is 14.3 Å². The van der Waals surface area contributed by atoms with E-state index in [1.165, 1.54) is 7.05 Å². The molecule has 0 atom stereocenters. The molecule has 3 rings (SSSR count). The number of amides is 1. The number of carboxylic acid groups (broad SMARTS) is 1. The molecule has 3 aromatic rings. The Bertz CT molecular complexity index is 1270. The Kier molecular flexibility index (Phi) is 5.49. The first-order chi connectivity index (χ1) is 14.2. The number of aryl methyl sites for hydroxylation is 1. The first-order valence-corrected chi connectivity index (χ1v) is 8.82. The summed E-state index contributed by atoms with van der Waals surface area (Å²) in [7, 11) is 1.42. The number of benzene rings is 1. The number of nitrogens with zero attached hydrogens (tertiary/aromatic N) is 3. The highest BCUT2D eigenvalue weighted by molar-refractivity contribution is 5.95. The summed E-state index contributed by atoms with van der Waals surface area (Å²) in [6.07, 6.45) is -0.274. The molecule has 12 heteroatoms. The maximum Gasteiger partial charge on any atom is 0.332 e. The van der Waals surface area contributed by atoms with Gasteiger partial charge in [0.25, 0.3) is 5.56 Å². The second kappa shape index (κ2) is 8.03. The number of nitrogens with two attached hydrogens (primary N) is 1. The highest BCUT2D eigenvalue weighted by atomic mass is 16.4. The lowest BCUT2D eigenvalue weighted by Crippen LogP contribution is -2.43. The topological polar surface area (TPSA) is 189 Å². The van der Waals surface area contributed by atoms with E-state index in [1.807, 2.05) is 0 Å². The number of nitrogens with one attached hydrogen (secondary N) is 3. The minimum absolute atomic E-state index is 0.0427. The normalized spacial score (nSPS) is 10.8. The Balaban J connectivity index is 1.97. The number of fused-ring (bicyclic) bond motifs is 1. The van der Waals surface area contributed by atoms with Crippen molar-refractivity contribution >= 4 is 28.9 Å². The standard InChI is InChI=1S/C18H19N7O5/c1-24-16-13(22-15(23-16)10-4-2-9(3-5-10)14(19)20)17(29)25(18(24)30)8-11(26)21-7-6-12(27)28/h2-5H,6-8H2,1H3,(H3,19,20)(H,21,26)(H,22,23)(H,27,28). The second-order valence-electron chi connectivity index (χ2n) is 6.50. The number of aromatic amines is 1. The van der Waals surface area contributed by atoms with Crippen LogP contribution in [-0.4, -0.2) is 48.5 Å². The maximum atomic E-state index is 12.8. The van der Waals surface area contributed by atoms with Gasteiger partial charge in [-0.3, -0.25) is 24.4 Å². The third-order valence-corrected chi connectivity index (χ3v) is 4.41. The molecule has 0 bridgehead atoms. The summed E-state index contributed by atoms with van der Waals surface area (Å²) in [5.41, 5.74) is 5.29. The third-order valence-electron chi connectivity index (χ3n) is 4.41. The number of rotatable bonds is 7. The molecule has 1 aromatic carbocycles. The Labute approximate surface area is 168 Å². The number of carboxylic acids is 1. The van der Waals surface area contributed by atoms with Gasteiger partial charge in [0.1, 0.15) is 23.7 Å². The minimum atomic E-state index is -1.08. The summed E-state index contributed by atoms with van der Waals surface area (Å²) >= 11 is 0. The van der Waals surface area contributed by atoms with Crippen molar-refractivity contribution in [3.63, 3.8) is 0 Å². The van der Waals surface area contributed by atoms with Crippen LogP contribution in [0.2, 0.25) is 0 Å². The lowest BCUT2D eigenvalue weighted by Gasteiger charge is -2.08. The molecule has 0 aliphatic rings. The van der Waals surface area contributed by atoms with Crippen molar-refractivity contribution in [3.05, 3.63) is 50.7 Å². The highest BCUT2D eigenvalue weighted by Crippen LogP contribution is 2.18. The number of hydrogen-bond acceptors (Lipinski definition) is 6. The Hall–Kier alpha value is -4.22. The molecule has 156 valence electrons. The van der Waals surface area contributed by atoms with Gasteiger partial charge < -0.3 is 21.1 Å². The number of carbonyl (C=O) groups excluding carboxylic acids is 1. The van der Waals surface area contributed by atoms with Crippen LogP contribution in [0.4, 0.5) is 0 Å². The second-order valence-corrected chi connectivity index (χ2v) is 6.50. The van der Waals surface area contributed by atoms with Gasteiger partial charge in [-0.2, -0.15) is 0 Å². The van der Waals surface area contributed by atoms with E-state index in [-0.39, 0.29) is 30.0 Å². The molecular weight excluding hydrogens is 394 g/mol. The molecule has 2 heterocycles. The Morgan fingerprint density at radius 2 is 1.93 bits per heavy atom. The molecule has 0 radical (unpaired) electrons. The molecule has 0 saturated heterocycles. The molecule has 0 aliphatic carbocycles. The zero-order valence-electron chi connectivity index (χ0n) is 15.9. The average Bonchev–Trinajstić information content (AvgIpc) is 3.15. The average molecular weight is 413 g/mol. The van der Waals surface area contributed by atoms with Crippen molar-refractivity contribution in [2.45, 2.75) is 13.0 Å². The number of amidine groups is 1. The fraction of sp³-hybridized carbons (Fsp3) is 0.222. The van der Waals surface area contributed by atoms with E-state index in [1.54, 1.807) is 24.3 Å². The number of hydrogen-bond donors (Lipinski definition) is 5. The predicted octanol–water partition coefficient (Wildman–Crippen LogP) is -1.03. The Morgan fingerprint density at radius 3 is 2.53 bits per heavy atom. The minimum Gasteiger partial charge on any atom is -0.481 e. The van der Waals surface area contributed by atoms with Crippen molar-refractivity contribution in [1.82, 2.24) is 24.4 Å². The molecular formula is C18H19N7O5. The zero-order chi connectivity index (χ0) is 22.0. The van der Waals surface area contributed by atoms with Gasteiger partial charge >= 0.3 is 11.7 Å². The molecule has 0 spiro atoms. The van der Waals surface area contributed by atoms with Crippen LogP contribution in [0.25, 0.3) is 22.6 Å².